The fourth-order valence-corrected chi connectivity index (χ4v) is 3.13. The first kappa shape index (κ1) is 18.2. The van der Waals surface area contributed by atoms with Crippen LogP contribution in [0.25, 0.3) is 0 Å². The molecule has 0 aliphatic heterocycles. The first-order valence-electron chi connectivity index (χ1n) is 8.24. The van der Waals surface area contributed by atoms with Crippen molar-refractivity contribution in [3.05, 3.63) is 58.3 Å². The molecule has 5 heteroatoms. The van der Waals surface area contributed by atoms with Crippen molar-refractivity contribution in [2.24, 2.45) is 5.92 Å². The van der Waals surface area contributed by atoms with Crippen molar-refractivity contribution in [1.82, 2.24) is 10.6 Å². The lowest BCUT2D eigenvalue weighted by Crippen LogP contribution is -2.32. The maximum atomic E-state index is 12.2. The Hall–Kier alpha value is -2.14. The number of hydrogen-bond acceptors (Lipinski definition) is 3. The van der Waals surface area contributed by atoms with E-state index in [1.807, 2.05) is 41.8 Å². The summed E-state index contributed by atoms with van der Waals surface area (Å²) in [6.07, 6.45) is 1.03. The van der Waals surface area contributed by atoms with Crippen LogP contribution in [0.3, 0.4) is 0 Å². The highest BCUT2D eigenvalue weighted by molar-refractivity contribution is 7.12. The molecule has 0 aliphatic carbocycles. The predicted octanol–water partition coefficient (Wildman–Crippen LogP) is 3.77. The standard InChI is InChI=1S/C19H24N2O2S/c1-14(2)18(15-8-4-3-5-9-15)21-17(22)11-6-12-20-19(23)16-10-7-13-24-16/h3-5,7-10,13-14,18H,6,11-12H2,1-2H3,(H,20,23)(H,21,22). The normalized spacial score (nSPS) is 12.0. The monoisotopic (exact) mass is 344 g/mol. The van der Waals surface area contributed by atoms with Gasteiger partial charge in [-0.2, -0.15) is 0 Å². The lowest BCUT2D eigenvalue weighted by atomic mass is 9.96. The first-order chi connectivity index (χ1) is 11.6. The van der Waals surface area contributed by atoms with Gasteiger partial charge in [0.2, 0.25) is 5.91 Å². The fourth-order valence-electron chi connectivity index (χ4n) is 2.49. The Kier molecular flexibility index (Phi) is 7.00. The molecule has 128 valence electrons. The van der Waals surface area contributed by atoms with Crippen molar-refractivity contribution in [2.45, 2.75) is 32.7 Å². The quantitative estimate of drug-likeness (QED) is 0.716. The van der Waals surface area contributed by atoms with Crippen LogP contribution < -0.4 is 10.6 Å². The summed E-state index contributed by atoms with van der Waals surface area (Å²) in [6, 6.07) is 13.7. The third kappa shape index (κ3) is 5.49. The van der Waals surface area contributed by atoms with Crippen LogP contribution in [-0.4, -0.2) is 18.4 Å². The van der Waals surface area contributed by atoms with Crippen LogP contribution in [0.5, 0.6) is 0 Å². The average Bonchev–Trinajstić information content (AvgIpc) is 3.11. The summed E-state index contributed by atoms with van der Waals surface area (Å²) < 4.78 is 0. The minimum Gasteiger partial charge on any atom is -0.351 e. The number of nitrogens with one attached hydrogen (secondary N) is 2. The minimum absolute atomic E-state index is 0.0133. The molecule has 2 amide bonds. The van der Waals surface area contributed by atoms with Crippen molar-refractivity contribution in [1.29, 1.82) is 0 Å². The highest BCUT2D eigenvalue weighted by atomic mass is 32.1. The minimum atomic E-state index is -0.0743. The second-order valence-electron chi connectivity index (χ2n) is 6.04. The molecule has 0 spiro atoms. The Balaban J connectivity index is 1.74. The molecule has 1 atom stereocenters. The van der Waals surface area contributed by atoms with Gasteiger partial charge in [0.05, 0.1) is 10.9 Å². The van der Waals surface area contributed by atoms with Gasteiger partial charge in [0.15, 0.2) is 0 Å². The average molecular weight is 344 g/mol. The molecule has 2 rings (SSSR count). The molecular weight excluding hydrogens is 320 g/mol. The second kappa shape index (κ2) is 9.23. The number of carbonyl (C=O) groups excluding carboxylic acids is 2. The Morgan fingerprint density at radius 2 is 1.83 bits per heavy atom. The van der Waals surface area contributed by atoms with Gasteiger partial charge in [0.1, 0.15) is 0 Å². The molecule has 0 radical (unpaired) electrons. The van der Waals surface area contributed by atoms with Crippen LogP contribution in [0.1, 0.15) is 48.0 Å². The zero-order valence-corrected chi connectivity index (χ0v) is 14.9. The molecule has 1 heterocycles. The van der Waals surface area contributed by atoms with Crippen molar-refractivity contribution in [3.8, 4) is 0 Å². The molecule has 1 aromatic heterocycles. The van der Waals surface area contributed by atoms with Gasteiger partial charge in [-0.1, -0.05) is 50.2 Å². The Morgan fingerprint density at radius 3 is 2.46 bits per heavy atom. The van der Waals surface area contributed by atoms with Crippen LogP contribution in [0.4, 0.5) is 0 Å². The van der Waals surface area contributed by atoms with E-state index in [2.05, 4.69) is 24.5 Å². The molecule has 0 saturated heterocycles. The van der Waals surface area contributed by atoms with Gasteiger partial charge < -0.3 is 10.6 Å². The summed E-state index contributed by atoms with van der Waals surface area (Å²) in [5.41, 5.74) is 1.12. The van der Waals surface area contributed by atoms with Gasteiger partial charge in [-0.25, -0.2) is 0 Å². The van der Waals surface area contributed by atoms with Crippen molar-refractivity contribution < 1.29 is 9.59 Å². The molecule has 1 unspecified atom stereocenters. The van der Waals surface area contributed by atoms with E-state index in [1.54, 1.807) is 6.07 Å². The highest BCUT2D eigenvalue weighted by Gasteiger charge is 2.17. The van der Waals surface area contributed by atoms with Gasteiger partial charge in [0.25, 0.3) is 5.91 Å². The number of amides is 2. The Labute approximate surface area is 147 Å². The number of rotatable bonds is 8. The summed E-state index contributed by atoms with van der Waals surface area (Å²) >= 11 is 1.41. The number of hydrogen-bond donors (Lipinski definition) is 2. The SMILES string of the molecule is CC(C)C(NC(=O)CCCNC(=O)c1cccs1)c1ccccc1. The van der Waals surface area contributed by atoms with E-state index >= 15 is 0 Å². The molecule has 0 fully saturated rings. The van der Waals surface area contributed by atoms with Crippen LogP contribution in [0.15, 0.2) is 47.8 Å². The highest BCUT2D eigenvalue weighted by Crippen LogP contribution is 2.21. The maximum Gasteiger partial charge on any atom is 0.261 e. The smallest absolute Gasteiger partial charge is 0.261 e. The van der Waals surface area contributed by atoms with Crippen molar-refractivity contribution in [3.63, 3.8) is 0 Å². The molecule has 0 aliphatic rings. The van der Waals surface area contributed by atoms with E-state index in [9.17, 15) is 9.59 Å². The van der Waals surface area contributed by atoms with Gasteiger partial charge in [-0.05, 0) is 29.3 Å². The van der Waals surface area contributed by atoms with Gasteiger partial charge in [-0.15, -0.1) is 11.3 Å². The van der Waals surface area contributed by atoms with Gasteiger partial charge >= 0.3 is 0 Å². The van der Waals surface area contributed by atoms with E-state index in [-0.39, 0.29) is 17.9 Å². The second-order valence-corrected chi connectivity index (χ2v) is 6.98. The lowest BCUT2D eigenvalue weighted by Gasteiger charge is -2.23. The molecule has 24 heavy (non-hydrogen) atoms. The van der Waals surface area contributed by atoms with E-state index < -0.39 is 0 Å². The number of thiophene rings is 1. The van der Waals surface area contributed by atoms with E-state index in [0.717, 1.165) is 5.56 Å². The summed E-state index contributed by atoms with van der Waals surface area (Å²) in [4.78, 5) is 24.7. The summed E-state index contributed by atoms with van der Waals surface area (Å²) in [7, 11) is 0. The summed E-state index contributed by atoms with van der Waals surface area (Å²) in [5, 5.41) is 7.81. The number of carbonyl (C=O) groups is 2. The zero-order valence-electron chi connectivity index (χ0n) is 14.1. The molecular formula is C19H24N2O2S. The summed E-state index contributed by atoms with van der Waals surface area (Å²) in [5.74, 6) is 0.257. The van der Waals surface area contributed by atoms with Gasteiger partial charge in [0, 0.05) is 13.0 Å². The molecule has 2 N–H and O–H groups in total. The third-order valence-electron chi connectivity index (χ3n) is 3.75. The Bertz CT molecular complexity index is 639. The fraction of sp³-hybridized carbons (Fsp3) is 0.368. The van der Waals surface area contributed by atoms with Crippen LogP contribution >= 0.6 is 11.3 Å². The molecule has 0 saturated carbocycles. The van der Waals surface area contributed by atoms with Crippen LogP contribution in [0.2, 0.25) is 0 Å². The van der Waals surface area contributed by atoms with E-state index in [0.29, 0.717) is 30.2 Å². The third-order valence-corrected chi connectivity index (χ3v) is 4.62. The topological polar surface area (TPSA) is 58.2 Å². The van der Waals surface area contributed by atoms with E-state index in [4.69, 9.17) is 0 Å². The lowest BCUT2D eigenvalue weighted by molar-refractivity contribution is -0.122. The molecule has 1 aromatic carbocycles. The summed E-state index contributed by atoms with van der Waals surface area (Å²) in [6.45, 7) is 4.69. The van der Waals surface area contributed by atoms with Crippen LogP contribution in [-0.2, 0) is 4.79 Å². The van der Waals surface area contributed by atoms with E-state index in [1.165, 1.54) is 11.3 Å². The molecule has 4 nitrogen and oxygen atoms in total. The van der Waals surface area contributed by atoms with Crippen molar-refractivity contribution >= 4 is 23.2 Å². The zero-order chi connectivity index (χ0) is 17.4. The maximum absolute atomic E-state index is 12.2. The number of benzene rings is 1. The van der Waals surface area contributed by atoms with Crippen LogP contribution in [0, 0.1) is 5.92 Å². The molecule has 2 aromatic rings. The molecule has 0 bridgehead atoms. The Morgan fingerprint density at radius 1 is 1.08 bits per heavy atom. The predicted molar refractivity (Wildman–Crippen MR) is 98.0 cm³/mol. The van der Waals surface area contributed by atoms with Crippen molar-refractivity contribution in [2.75, 3.05) is 6.54 Å². The van der Waals surface area contributed by atoms with Gasteiger partial charge in [-0.3, -0.25) is 9.59 Å². The largest absolute Gasteiger partial charge is 0.351 e. The first-order valence-corrected chi connectivity index (χ1v) is 9.12.